The van der Waals surface area contributed by atoms with Gasteiger partial charge in [0.2, 0.25) is 0 Å². The van der Waals surface area contributed by atoms with Crippen LogP contribution in [0.3, 0.4) is 0 Å². The molecule has 0 aromatic heterocycles. The zero-order chi connectivity index (χ0) is 19.4. The van der Waals surface area contributed by atoms with Gasteiger partial charge in [-0.2, -0.15) is 0 Å². The Morgan fingerprint density at radius 1 is 1.04 bits per heavy atom. The van der Waals surface area contributed by atoms with Crippen molar-refractivity contribution in [2.75, 3.05) is 13.2 Å². The van der Waals surface area contributed by atoms with E-state index in [1.165, 1.54) is 23.9 Å². The lowest BCUT2D eigenvalue weighted by Gasteiger charge is -2.27. The number of allylic oxidation sites excluding steroid dienone is 1. The quantitative estimate of drug-likeness (QED) is 0.555. The lowest BCUT2D eigenvalue weighted by molar-refractivity contribution is -0.141. The molecule has 0 amide bonds. The summed E-state index contributed by atoms with van der Waals surface area (Å²) >= 11 is 1.31. The highest BCUT2D eigenvalue weighted by Crippen LogP contribution is 2.46. The van der Waals surface area contributed by atoms with Gasteiger partial charge in [-0.1, -0.05) is 55.3 Å². The summed E-state index contributed by atoms with van der Waals surface area (Å²) in [5.74, 6) is -1.55. The Balaban J connectivity index is 2.08. The Bertz CT molecular complexity index is 907. The van der Waals surface area contributed by atoms with E-state index in [-0.39, 0.29) is 36.6 Å². The number of hydrogen-bond acceptors (Lipinski definition) is 6. The number of esters is 2. The highest BCUT2D eigenvalue weighted by Gasteiger charge is 2.38. The molecule has 0 radical (unpaired) electrons. The number of ketones is 1. The molecule has 0 bridgehead atoms. The minimum atomic E-state index is -0.709. The van der Waals surface area contributed by atoms with Crippen LogP contribution in [-0.4, -0.2) is 30.9 Å². The van der Waals surface area contributed by atoms with Crippen molar-refractivity contribution >= 4 is 29.5 Å². The summed E-state index contributed by atoms with van der Waals surface area (Å²) in [6.07, 6.45) is 3.11. The molecule has 2 aliphatic rings. The zero-order valence-corrected chi connectivity index (χ0v) is 15.5. The van der Waals surface area contributed by atoms with E-state index in [4.69, 9.17) is 9.47 Å². The fraction of sp³-hybridized carbons (Fsp3) is 0.190. The van der Waals surface area contributed by atoms with Gasteiger partial charge >= 0.3 is 11.9 Å². The molecule has 0 unspecified atom stereocenters. The van der Waals surface area contributed by atoms with Gasteiger partial charge in [0.1, 0.15) is 13.2 Å². The topological polar surface area (TPSA) is 69.7 Å². The average Bonchev–Trinajstić information content (AvgIpc) is 2.68. The predicted octanol–water partition coefficient (Wildman–Crippen LogP) is 3.32. The molecule has 1 aromatic carbocycles. The van der Waals surface area contributed by atoms with E-state index in [0.717, 1.165) is 10.5 Å². The third-order valence-electron chi connectivity index (χ3n) is 4.14. The Hall–Kier alpha value is -2.86. The molecular formula is C21H18O5S. The first-order valence-electron chi connectivity index (χ1n) is 8.38. The molecule has 0 saturated heterocycles. The molecule has 0 fully saturated rings. The molecular weight excluding hydrogens is 364 g/mol. The van der Waals surface area contributed by atoms with Gasteiger partial charge < -0.3 is 9.47 Å². The van der Waals surface area contributed by atoms with Crippen molar-refractivity contribution in [1.29, 1.82) is 0 Å². The summed E-state index contributed by atoms with van der Waals surface area (Å²) in [6, 6.07) is 7.67. The van der Waals surface area contributed by atoms with E-state index in [9.17, 15) is 14.4 Å². The lowest BCUT2D eigenvalue weighted by Crippen LogP contribution is -2.27. The van der Waals surface area contributed by atoms with Crippen molar-refractivity contribution in [1.82, 2.24) is 0 Å². The van der Waals surface area contributed by atoms with Crippen molar-refractivity contribution < 1.29 is 23.9 Å². The molecule has 3 rings (SSSR count). The highest BCUT2D eigenvalue weighted by atomic mass is 32.2. The predicted molar refractivity (Wildman–Crippen MR) is 102 cm³/mol. The van der Waals surface area contributed by atoms with Crippen molar-refractivity contribution in [3.63, 3.8) is 0 Å². The summed E-state index contributed by atoms with van der Waals surface area (Å²) in [5, 5.41) is 0. The number of rotatable bonds is 6. The number of benzene rings is 1. The van der Waals surface area contributed by atoms with Crippen LogP contribution in [0.1, 0.15) is 12.0 Å². The summed E-state index contributed by atoms with van der Waals surface area (Å²) in [5.41, 5.74) is 1.69. The van der Waals surface area contributed by atoms with Crippen LogP contribution in [0.25, 0.3) is 0 Å². The van der Waals surface area contributed by atoms with Gasteiger partial charge in [-0.15, -0.1) is 0 Å². The number of carbonyl (C=O) groups excluding carboxylic acids is 3. The lowest BCUT2D eigenvalue weighted by atomic mass is 9.87. The van der Waals surface area contributed by atoms with E-state index < -0.39 is 11.9 Å². The van der Waals surface area contributed by atoms with Crippen LogP contribution in [-0.2, 0) is 30.3 Å². The van der Waals surface area contributed by atoms with E-state index in [0.29, 0.717) is 16.9 Å². The molecule has 1 aliphatic carbocycles. The third kappa shape index (κ3) is 3.80. The van der Waals surface area contributed by atoms with Crippen LogP contribution in [0.5, 0.6) is 0 Å². The highest BCUT2D eigenvalue weighted by molar-refractivity contribution is 8.03. The maximum Gasteiger partial charge on any atom is 0.340 e. The molecule has 1 heterocycles. The number of carbonyl (C=O) groups is 3. The molecule has 6 heteroatoms. The molecule has 5 nitrogen and oxygen atoms in total. The number of hydrogen-bond donors (Lipinski definition) is 0. The smallest absolute Gasteiger partial charge is 0.340 e. The number of fused-ring (bicyclic) bond motifs is 1. The number of Topliss-reactive ketones (excluding diaryl/α,β-unsaturated/α-hetero) is 1. The van der Waals surface area contributed by atoms with E-state index in [1.54, 1.807) is 0 Å². The minimum absolute atomic E-state index is 0.00656. The number of thioether (sulfide) groups is 1. The summed E-state index contributed by atoms with van der Waals surface area (Å²) in [7, 11) is 0. The van der Waals surface area contributed by atoms with Gasteiger partial charge in [0, 0.05) is 28.2 Å². The number of ether oxygens (including phenoxy) is 2. The normalized spacial score (nSPS) is 15.6. The SMILES string of the molecule is C=CCOC(=O)C1=C(C(=O)OCC=C)C2=C(Cc3ccccc3S2)C(=O)C1. The molecule has 27 heavy (non-hydrogen) atoms. The van der Waals surface area contributed by atoms with Crippen molar-refractivity contribution in [2.45, 2.75) is 17.7 Å². The Morgan fingerprint density at radius 3 is 2.41 bits per heavy atom. The second-order valence-corrected chi connectivity index (χ2v) is 6.97. The van der Waals surface area contributed by atoms with E-state index in [2.05, 4.69) is 13.2 Å². The van der Waals surface area contributed by atoms with Gasteiger partial charge in [0.05, 0.1) is 11.1 Å². The molecule has 0 atom stereocenters. The maximum absolute atomic E-state index is 12.7. The zero-order valence-electron chi connectivity index (χ0n) is 14.7. The van der Waals surface area contributed by atoms with Crippen LogP contribution in [0.15, 0.2) is 76.1 Å². The van der Waals surface area contributed by atoms with E-state index >= 15 is 0 Å². The third-order valence-corrected chi connectivity index (χ3v) is 5.42. The summed E-state index contributed by atoms with van der Waals surface area (Å²) in [4.78, 5) is 39.3. The largest absolute Gasteiger partial charge is 0.458 e. The molecule has 138 valence electrons. The van der Waals surface area contributed by atoms with Crippen LogP contribution in [0, 0.1) is 0 Å². The summed E-state index contributed by atoms with van der Waals surface area (Å²) < 4.78 is 10.3. The minimum Gasteiger partial charge on any atom is -0.458 e. The van der Waals surface area contributed by atoms with Gasteiger partial charge in [-0.3, -0.25) is 4.79 Å². The van der Waals surface area contributed by atoms with Gasteiger partial charge in [0.25, 0.3) is 0 Å². The van der Waals surface area contributed by atoms with Crippen molar-refractivity contribution in [3.05, 3.63) is 76.8 Å². The van der Waals surface area contributed by atoms with Crippen LogP contribution in [0.4, 0.5) is 0 Å². The standard InChI is InChI=1S/C21H18O5S/c1-3-9-25-20(23)15-12-16(22)14-11-13-7-5-6-8-17(13)27-19(14)18(15)21(24)26-10-4-2/h3-8H,1-2,9-12H2. The van der Waals surface area contributed by atoms with Crippen molar-refractivity contribution in [3.8, 4) is 0 Å². The molecule has 1 aliphatic heterocycles. The Labute approximate surface area is 161 Å². The van der Waals surface area contributed by atoms with Crippen LogP contribution in [0.2, 0.25) is 0 Å². The fourth-order valence-corrected chi connectivity index (χ4v) is 4.19. The molecule has 1 aromatic rings. The van der Waals surface area contributed by atoms with Gasteiger partial charge in [0.15, 0.2) is 5.78 Å². The Morgan fingerprint density at radius 2 is 1.70 bits per heavy atom. The summed E-state index contributed by atoms with van der Waals surface area (Å²) in [6.45, 7) is 7.03. The molecule has 0 spiro atoms. The van der Waals surface area contributed by atoms with Gasteiger partial charge in [-0.25, -0.2) is 9.59 Å². The first-order chi connectivity index (χ1) is 13.1. The van der Waals surface area contributed by atoms with E-state index in [1.807, 2.05) is 24.3 Å². The molecule has 0 N–H and O–H groups in total. The second-order valence-electron chi connectivity index (χ2n) is 5.92. The van der Waals surface area contributed by atoms with Crippen LogP contribution >= 0.6 is 11.8 Å². The van der Waals surface area contributed by atoms with Crippen molar-refractivity contribution in [2.24, 2.45) is 0 Å². The monoisotopic (exact) mass is 382 g/mol. The first kappa shape index (κ1) is 18.9. The second kappa shape index (κ2) is 8.22. The molecule has 0 saturated carbocycles. The maximum atomic E-state index is 12.7. The average molecular weight is 382 g/mol. The first-order valence-corrected chi connectivity index (χ1v) is 9.20. The Kier molecular flexibility index (Phi) is 5.76. The van der Waals surface area contributed by atoms with Gasteiger partial charge in [-0.05, 0) is 11.6 Å². The fourth-order valence-electron chi connectivity index (χ4n) is 2.93. The van der Waals surface area contributed by atoms with Crippen LogP contribution < -0.4 is 0 Å².